The first-order valence-corrected chi connectivity index (χ1v) is 6.39. The topological polar surface area (TPSA) is 52.3 Å². The largest absolute Gasteiger partial charge is 0.496 e. The number of hydrogen-bond donors (Lipinski definition) is 1. The number of methoxy groups -OCH3 is 1. The molecule has 0 aliphatic heterocycles. The predicted octanol–water partition coefficient (Wildman–Crippen LogP) is 3.01. The lowest BCUT2D eigenvalue weighted by molar-refractivity contribution is 0.0975. The Balaban J connectivity index is 2.84. The van der Waals surface area contributed by atoms with Gasteiger partial charge in [-0.3, -0.25) is 4.79 Å². The predicted molar refractivity (Wildman–Crippen MR) is 74.3 cm³/mol. The number of carbonyl (C=O) groups excluding carboxylic acids is 1. The molecule has 1 rings (SSSR count). The van der Waals surface area contributed by atoms with E-state index in [0.717, 1.165) is 24.0 Å². The van der Waals surface area contributed by atoms with E-state index in [9.17, 15) is 4.79 Å². The van der Waals surface area contributed by atoms with E-state index in [-0.39, 0.29) is 11.8 Å². The minimum Gasteiger partial charge on any atom is -0.496 e. The zero-order chi connectivity index (χ0) is 13.7. The highest BCUT2D eigenvalue weighted by atomic mass is 16.5. The second-order valence-corrected chi connectivity index (χ2v) is 4.95. The van der Waals surface area contributed by atoms with Crippen molar-refractivity contribution >= 4 is 5.78 Å². The molecule has 0 radical (unpaired) electrons. The zero-order valence-corrected chi connectivity index (χ0v) is 11.7. The standard InChI is InChI=1S/C15H23NO2/c1-10-8-11(2)15(14(9-10)18-4)13(17)7-5-6-12(3)16/h8-9,12H,5-7,16H2,1-4H3. The first kappa shape index (κ1) is 14.7. The number of carbonyl (C=O) groups is 1. The summed E-state index contributed by atoms with van der Waals surface area (Å²) in [6.45, 7) is 5.91. The van der Waals surface area contributed by atoms with E-state index in [1.807, 2.05) is 32.9 Å². The molecule has 100 valence electrons. The van der Waals surface area contributed by atoms with Gasteiger partial charge in [-0.2, -0.15) is 0 Å². The number of Topliss-reactive ketones (excluding diaryl/α,β-unsaturated/α-hetero) is 1. The SMILES string of the molecule is COc1cc(C)cc(C)c1C(=O)CCCC(C)N. The smallest absolute Gasteiger partial charge is 0.166 e. The lowest BCUT2D eigenvalue weighted by Gasteiger charge is -2.12. The van der Waals surface area contributed by atoms with Crippen molar-refractivity contribution in [3.05, 3.63) is 28.8 Å². The summed E-state index contributed by atoms with van der Waals surface area (Å²) in [5.74, 6) is 0.822. The van der Waals surface area contributed by atoms with E-state index in [2.05, 4.69) is 0 Å². The Hall–Kier alpha value is -1.35. The fraction of sp³-hybridized carbons (Fsp3) is 0.533. The lowest BCUT2D eigenvalue weighted by atomic mass is 9.97. The highest BCUT2D eigenvalue weighted by molar-refractivity contribution is 6.00. The van der Waals surface area contributed by atoms with Crippen LogP contribution in [0.1, 0.15) is 47.7 Å². The van der Waals surface area contributed by atoms with Crippen molar-refractivity contribution in [1.29, 1.82) is 0 Å². The van der Waals surface area contributed by atoms with E-state index < -0.39 is 0 Å². The van der Waals surface area contributed by atoms with Crippen molar-refractivity contribution in [2.45, 2.75) is 46.1 Å². The van der Waals surface area contributed by atoms with Crippen LogP contribution >= 0.6 is 0 Å². The molecule has 1 unspecified atom stereocenters. The van der Waals surface area contributed by atoms with Crippen LogP contribution in [0.2, 0.25) is 0 Å². The maximum Gasteiger partial charge on any atom is 0.166 e. The maximum absolute atomic E-state index is 12.2. The van der Waals surface area contributed by atoms with Gasteiger partial charge in [-0.25, -0.2) is 0 Å². The van der Waals surface area contributed by atoms with Crippen molar-refractivity contribution in [1.82, 2.24) is 0 Å². The van der Waals surface area contributed by atoms with Gasteiger partial charge in [0.15, 0.2) is 5.78 Å². The van der Waals surface area contributed by atoms with Gasteiger partial charge < -0.3 is 10.5 Å². The van der Waals surface area contributed by atoms with E-state index in [1.54, 1.807) is 7.11 Å². The van der Waals surface area contributed by atoms with E-state index in [0.29, 0.717) is 17.7 Å². The second-order valence-electron chi connectivity index (χ2n) is 4.95. The number of rotatable bonds is 6. The van der Waals surface area contributed by atoms with Gasteiger partial charge in [0.1, 0.15) is 5.75 Å². The third-order valence-corrected chi connectivity index (χ3v) is 3.01. The zero-order valence-electron chi connectivity index (χ0n) is 11.7. The second kappa shape index (κ2) is 6.55. The third-order valence-electron chi connectivity index (χ3n) is 3.01. The normalized spacial score (nSPS) is 12.3. The first-order valence-electron chi connectivity index (χ1n) is 6.39. The molecule has 1 atom stereocenters. The Labute approximate surface area is 109 Å². The van der Waals surface area contributed by atoms with E-state index in [4.69, 9.17) is 10.5 Å². The highest BCUT2D eigenvalue weighted by Gasteiger charge is 2.15. The molecule has 0 spiro atoms. The first-order chi connectivity index (χ1) is 8.45. The molecule has 0 fully saturated rings. The fourth-order valence-corrected chi connectivity index (χ4v) is 2.16. The summed E-state index contributed by atoms with van der Waals surface area (Å²) in [6, 6.07) is 4.08. The summed E-state index contributed by atoms with van der Waals surface area (Å²) in [7, 11) is 1.60. The molecular formula is C15H23NO2. The Morgan fingerprint density at radius 1 is 1.39 bits per heavy atom. The number of hydrogen-bond acceptors (Lipinski definition) is 3. The molecule has 18 heavy (non-hydrogen) atoms. The van der Waals surface area contributed by atoms with Crippen molar-refractivity contribution < 1.29 is 9.53 Å². The van der Waals surface area contributed by atoms with Crippen LogP contribution in [0.4, 0.5) is 0 Å². The van der Waals surface area contributed by atoms with Crippen LogP contribution in [-0.4, -0.2) is 18.9 Å². The van der Waals surface area contributed by atoms with Crippen molar-refractivity contribution in [2.75, 3.05) is 7.11 Å². The molecule has 0 bridgehead atoms. The van der Waals surface area contributed by atoms with Crippen LogP contribution in [0, 0.1) is 13.8 Å². The molecule has 3 heteroatoms. The molecule has 0 amide bonds. The fourth-order valence-electron chi connectivity index (χ4n) is 2.16. The number of ether oxygens (including phenoxy) is 1. The number of benzene rings is 1. The van der Waals surface area contributed by atoms with Gasteiger partial charge >= 0.3 is 0 Å². The van der Waals surface area contributed by atoms with Crippen LogP contribution in [0.25, 0.3) is 0 Å². The maximum atomic E-state index is 12.2. The third kappa shape index (κ3) is 3.84. The Kier molecular flexibility index (Phi) is 5.35. The molecule has 1 aromatic carbocycles. The average Bonchev–Trinajstić information content (AvgIpc) is 2.26. The molecule has 2 N–H and O–H groups in total. The summed E-state index contributed by atoms with van der Waals surface area (Å²) in [4.78, 5) is 12.2. The molecule has 0 aliphatic carbocycles. The summed E-state index contributed by atoms with van der Waals surface area (Å²) >= 11 is 0. The van der Waals surface area contributed by atoms with Crippen molar-refractivity contribution in [2.24, 2.45) is 5.73 Å². The summed E-state index contributed by atoms with van der Waals surface area (Å²) in [5, 5.41) is 0. The lowest BCUT2D eigenvalue weighted by Crippen LogP contribution is -2.15. The monoisotopic (exact) mass is 249 g/mol. The minimum absolute atomic E-state index is 0.144. The van der Waals surface area contributed by atoms with Gasteiger partial charge in [0.2, 0.25) is 0 Å². The van der Waals surface area contributed by atoms with Crippen LogP contribution in [0.3, 0.4) is 0 Å². The molecule has 1 aromatic rings. The van der Waals surface area contributed by atoms with Crippen LogP contribution in [-0.2, 0) is 0 Å². The quantitative estimate of drug-likeness (QED) is 0.788. The van der Waals surface area contributed by atoms with Gasteiger partial charge in [0.05, 0.1) is 12.7 Å². The van der Waals surface area contributed by atoms with Crippen molar-refractivity contribution in [3.63, 3.8) is 0 Å². The van der Waals surface area contributed by atoms with Crippen LogP contribution in [0.5, 0.6) is 5.75 Å². The van der Waals surface area contributed by atoms with Gasteiger partial charge in [-0.15, -0.1) is 0 Å². The van der Waals surface area contributed by atoms with E-state index in [1.165, 1.54) is 0 Å². The highest BCUT2D eigenvalue weighted by Crippen LogP contribution is 2.26. The molecule has 0 heterocycles. The summed E-state index contributed by atoms with van der Waals surface area (Å²) in [5.41, 5.74) is 8.49. The average molecular weight is 249 g/mol. The molecule has 0 aromatic heterocycles. The van der Waals surface area contributed by atoms with Crippen LogP contribution in [0.15, 0.2) is 12.1 Å². The Morgan fingerprint density at radius 3 is 2.61 bits per heavy atom. The molecule has 0 aliphatic rings. The summed E-state index contributed by atoms with van der Waals surface area (Å²) < 4.78 is 5.31. The molecular weight excluding hydrogens is 226 g/mol. The minimum atomic E-state index is 0.144. The van der Waals surface area contributed by atoms with Crippen molar-refractivity contribution in [3.8, 4) is 5.75 Å². The molecule has 3 nitrogen and oxygen atoms in total. The number of aryl methyl sites for hydroxylation is 2. The van der Waals surface area contributed by atoms with Gasteiger partial charge in [-0.1, -0.05) is 6.07 Å². The number of ketones is 1. The Bertz CT molecular complexity index is 425. The number of nitrogens with two attached hydrogens (primary N) is 1. The Morgan fingerprint density at radius 2 is 2.06 bits per heavy atom. The summed E-state index contributed by atoms with van der Waals surface area (Å²) in [6.07, 6.45) is 2.23. The van der Waals surface area contributed by atoms with Crippen LogP contribution < -0.4 is 10.5 Å². The van der Waals surface area contributed by atoms with Gasteiger partial charge in [0, 0.05) is 12.5 Å². The molecule has 0 saturated carbocycles. The van der Waals surface area contributed by atoms with Gasteiger partial charge in [-0.05, 0) is 50.8 Å². The van der Waals surface area contributed by atoms with E-state index >= 15 is 0 Å². The van der Waals surface area contributed by atoms with Gasteiger partial charge in [0.25, 0.3) is 0 Å². The molecule has 0 saturated heterocycles.